The van der Waals surface area contributed by atoms with Crippen LogP contribution < -0.4 is 5.32 Å². The van der Waals surface area contributed by atoms with E-state index in [-0.39, 0.29) is 30.3 Å². The van der Waals surface area contributed by atoms with Crippen LogP contribution in [0.4, 0.5) is 9.18 Å². The van der Waals surface area contributed by atoms with Crippen LogP contribution in [-0.4, -0.2) is 47.6 Å². The second-order valence-electron chi connectivity index (χ2n) is 6.32. The number of ether oxygens (including phenoxy) is 1. The average molecular weight is 391 g/mol. The molecule has 0 bridgehead atoms. The molecule has 0 saturated carbocycles. The van der Waals surface area contributed by atoms with Gasteiger partial charge in [0.2, 0.25) is 5.91 Å². The first-order valence-corrected chi connectivity index (χ1v) is 9.79. The minimum Gasteiger partial charge on any atom is -0.450 e. The molecule has 0 aliphatic carbocycles. The molecule has 1 aliphatic heterocycles. The minimum atomic E-state index is -0.323. The number of nitrogens with one attached hydrogen (secondary N) is 1. The highest BCUT2D eigenvalue weighted by molar-refractivity contribution is 7.15. The first-order chi connectivity index (χ1) is 13.1. The van der Waals surface area contributed by atoms with Gasteiger partial charge in [0.1, 0.15) is 10.8 Å². The monoisotopic (exact) mass is 391 g/mol. The van der Waals surface area contributed by atoms with E-state index in [1.165, 1.54) is 17.4 Å². The SMILES string of the molecule is CCOC(=O)N1CCC(NC(=O)Cc2cnc(-c3ccccc3F)s2)CC1. The number of amides is 2. The zero-order valence-electron chi connectivity index (χ0n) is 15.1. The second-order valence-corrected chi connectivity index (χ2v) is 7.43. The summed E-state index contributed by atoms with van der Waals surface area (Å²) in [7, 11) is 0. The van der Waals surface area contributed by atoms with Crippen LogP contribution in [0.2, 0.25) is 0 Å². The molecule has 6 nitrogen and oxygen atoms in total. The largest absolute Gasteiger partial charge is 0.450 e. The quantitative estimate of drug-likeness (QED) is 0.849. The normalized spacial score (nSPS) is 14.8. The molecular formula is C19H22FN3O3S. The molecule has 0 spiro atoms. The molecule has 1 N–H and O–H groups in total. The highest BCUT2D eigenvalue weighted by Gasteiger charge is 2.24. The summed E-state index contributed by atoms with van der Waals surface area (Å²) in [6.45, 7) is 3.28. The number of halogens is 1. The number of benzene rings is 1. The Kier molecular flexibility index (Phi) is 6.39. The number of piperidine rings is 1. The fourth-order valence-corrected chi connectivity index (χ4v) is 3.94. The van der Waals surface area contributed by atoms with Crippen molar-refractivity contribution >= 4 is 23.3 Å². The molecule has 3 rings (SSSR count). The van der Waals surface area contributed by atoms with Crippen molar-refractivity contribution in [3.63, 3.8) is 0 Å². The Morgan fingerprint density at radius 1 is 1.33 bits per heavy atom. The second kappa shape index (κ2) is 8.94. The zero-order valence-corrected chi connectivity index (χ0v) is 15.9. The fourth-order valence-electron chi connectivity index (χ4n) is 3.01. The van der Waals surface area contributed by atoms with Crippen molar-refractivity contribution < 1.29 is 18.7 Å². The minimum absolute atomic E-state index is 0.0436. The lowest BCUT2D eigenvalue weighted by atomic mass is 10.1. The standard InChI is InChI=1S/C19H22FN3O3S/c1-2-26-19(25)23-9-7-13(8-10-23)22-17(24)11-14-12-21-18(27-14)15-5-3-4-6-16(15)20/h3-6,12-13H,2,7-11H2,1H3,(H,22,24). The third-order valence-corrected chi connectivity index (χ3v) is 5.41. The number of hydrogen-bond acceptors (Lipinski definition) is 5. The molecule has 2 heterocycles. The van der Waals surface area contributed by atoms with E-state index >= 15 is 0 Å². The van der Waals surface area contributed by atoms with Crippen LogP contribution in [0.25, 0.3) is 10.6 Å². The maximum absolute atomic E-state index is 13.8. The molecule has 8 heteroatoms. The Labute approximate surface area is 161 Å². The van der Waals surface area contributed by atoms with Crippen LogP contribution in [0.5, 0.6) is 0 Å². The van der Waals surface area contributed by atoms with E-state index in [9.17, 15) is 14.0 Å². The lowest BCUT2D eigenvalue weighted by Crippen LogP contribution is -2.47. The Morgan fingerprint density at radius 3 is 2.78 bits per heavy atom. The number of likely N-dealkylation sites (tertiary alicyclic amines) is 1. The van der Waals surface area contributed by atoms with Crippen LogP contribution in [-0.2, 0) is 16.0 Å². The van der Waals surface area contributed by atoms with Gasteiger partial charge in [-0.3, -0.25) is 4.79 Å². The molecule has 1 saturated heterocycles. The summed E-state index contributed by atoms with van der Waals surface area (Å²) in [5.41, 5.74) is 0.445. The first-order valence-electron chi connectivity index (χ1n) is 8.97. The average Bonchev–Trinajstić information content (AvgIpc) is 3.11. The van der Waals surface area contributed by atoms with E-state index < -0.39 is 0 Å². The van der Waals surface area contributed by atoms with Gasteiger partial charge in [0, 0.05) is 35.8 Å². The summed E-state index contributed by atoms with van der Waals surface area (Å²) in [6, 6.07) is 6.51. The smallest absolute Gasteiger partial charge is 0.409 e. The third-order valence-electron chi connectivity index (χ3n) is 4.38. The number of rotatable bonds is 5. The van der Waals surface area contributed by atoms with Gasteiger partial charge >= 0.3 is 6.09 Å². The Bertz CT molecular complexity index is 803. The topological polar surface area (TPSA) is 71.5 Å². The predicted molar refractivity (Wildman–Crippen MR) is 101 cm³/mol. The van der Waals surface area contributed by atoms with Crippen molar-refractivity contribution in [2.75, 3.05) is 19.7 Å². The van der Waals surface area contributed by atoms with E-state index in [0.29, 0.717) is 43.1 Å². The molecule has 0 atom stereocenters. The molecule has 2 aromatic rings. The van der Waals surface area contributed by atoms with Crippen LogP contribution >= 0.6 is 11.3 Å². The third kappa shape index (κ3) is 5.03. The molecule has 1 aliphatic rings. The van der Waals surface area contributed by atoms with E-state index in [1.807, 2.05) is 0 Å². The highest BCUT2D eigenvalue weighted by atomic mass is 32.1. The molecule has 144 valence electrons. The maximum atomic E-state index is 13.8. The van der Waals surface area contributed by atoms with E-state index in [4.69, 9.17) is 4.74 Å². The van der Waals surface area contributed by atoms with Crippen molar-refractivity contribution in [2.24, 2.45) is 0 Å². The number of aromatic nitrogens is 1. The summed E-state index contributed by atoms with van der Waals surface area (Å²) in [5.74, 6) is -0.412. The van der Waals surface area contributed by atoms with Crippen LogP contribution in [0.15, 0.2) is 30.5 Å². The van der Waals surface area contributed by atoms with E-state index in [1.54, 1.807) is 36.2 Å². The summed E-state index contributed by atoms with van der Waals surface area (Å²) >= 11 is 1.32. The Balaban J connectivity index is 1.49. The summed E-state index contributed by atoms with van der Waals surface area (Å²) in [4.78, 5) is 30.7. The maximum Gasteiger partial charge on any atom is 0.409 e. The number of nitrogens with zero attached hydrogens (tertiary/aromatic N) is 2. The van der Waals surface area contributed by atoms with Crippen molar-refractivity contribution in [1.29, 1.82) is 0 Å². The van der Waals surface area contributed by atoms with Gasteiger partial charge in [-0.25, -0.2) is 14.2 Å². The van der Waals surface area contributed by atoms with Gasteiger partial charge in [-0.15, -0.1) is 11.3 Å². The van der Waals surface area contributed by atoms with Crippen molar-refractivity contribution in [2.45, 2.75) is 32.2 Å². The van der Waals surface area contributed by atoms with Crippen LogP contribution in [0.3, 0.4) is 0 Å². The lowest BCUT2D eigenvalue weighted by Gasteiger charge is -2.31. The Morgan fingerprint density at radius 2 is 2.07 bits per heavy atom. The molecular weight excluding hydrogens is 369 g/mol. The van der Waals surface area contributed by atoms with E-state index in [0.717, 1.165) is 4.88 Å². The van der Waals surface area contributed by atoms with Crippen molar-refractivity contribution in [1.82, 2.24) is 15.2 Å². The molecule has 2 amide bonds. The van der Waals surface area contributed by atoms with Gasteiger partial charge in [0.15, 0.2) is 0 Å². The summed E-state index contributed by atoms with van der Waals surface area (Å²) in [5, 5.41) is 3.57. The number of hydrogen-bond donors (Lipinski definition) is 1. The van der Waals surface area contributed by atoms with Gasteiger partial charge in [0.05, 0.1) is 13.0 Å². The van der Waals surface area contributed by atoms with Gasteiger partial charge in [0.25, 0.3) is 0 Å². The van der Waals surface area contributed by atoms with Gasteiger partial charge in [-0.05, 0) is 31.9 Å². The van der Waals surface area contributed by atoms with Crippen molar-refractivity contribution in [3.8, 4) is 10.6 Å². The molecule has 1 aromatic carbocycles. The molecule has 0 radical (unpaired) electrons. The zero-order chi connectivity index (χ0) is 19.2. The van der Waals surface area contributed by atoms with Gasteiger partial charge in [-0.1, -0.05) is 12.1 Å². The predicted octanol–water partition coefficient (Wildman–Crippen LogP) is 3.23. The number of thiazole rings is 1. The first kappa shape index (κ1) is 19.3. The molecule has 1 aromatic heterocycles. The highest BCUT2D eigenvalue weighted by Crippen LogP contribution is 2.27. The summed E-state index contributed by atoms with van der Waals surface area (Å²) in [6.07, 6.45) is 2.94. The molecule has 0 unspecified atom stereocenters. The van der Waals surface area contributed by atoms with Gasteiger partial charge < -0.3 is 15.0 Å². The number of carbonyl (C=O) groups excluding carboxylic acids is 2. The van der Waals surface area contributed by atoms with E-state index in [2.05, 4.69) is 10.3 Å². The molecule has 27 heavy (non-hydrogen) atoms. The van der Waals surface area contributed by atoms with Gasteiger partial charge in [-0.2, -0.15) is 0 Å². The molecule has 1 fully saturated rings. The Hall–Kier alpha value is -2.48. The van der Waals surface area contributed by atoms with Crippen LogP contribution in [0, 0.1) is 5.82 Å². The summed E-state index contributed by atoms with van der Waals surface area (Å²) < 4.78 is 18.8. The van der Waals surface area contributed by atoms with Crippen LogP contribution in [0.1, 0.15) is 24.6 Å². The lowest BCUT2D eigenvalue weighted by molar-refractivity contribution is -0.121. The number of carbonyl (C=O) groups is 2. The van der Waals surface area contributed by atoms with Crippen molar-refractivity contribution in [3.05, 3.63) is 41.2 Å². The fraction of sp³-hybridized carbons (Fsp3) is 0.421.